The maximum atomic E-state index is 12.4. The van der Waals surface area contributed by atoms with Crippen LogP contribution in [0.25, 0.3) is 11.8 Å². The van der Waals surface area contributed by atoms with Crippen LogP contribution in [-0.2, 0) is 4.79 Å². The standard InChI is InChI=1S/C19H17ClN4O3/c1-26-15-7-13(8-16(10-15)27-2)3-6-19(25)23-17-9-14(20)4-5-18(17)24-12-21-11-22-24/h3-12H,1-2H3,(H,23,25)/b6-3+. The summed E-state index contributed by atoms with van der Waals surface area (Å²) in [4.78, 5) is 16.3. The number of carbonyl (C=O) groups is 1. The molecule has 1 heterocycles. The van der Waals surface area contributed by atoms with Gasteiger partial charge in [0.05, 0.1) is 25.6 Å². The van der Waals surface area contributed by atoms with Crippen LogP contribution in [-0.4, -0.2) is 34.9 Å². The van der Waals surface area contributed by atoms with E-state index in [1.807, 2.05) is 0 Å². The second-order valence-corrected chi connectivity index (χ2v) is 5.91. The third-order valence-corrected chi connectivity index (χ3v) is 3.92. The molecule has 7 nitrogen and oxygen atoms in total. The third kappa shape index (κ3) is 4.65. The van der Waals surface area contributed by atoms with Gasteiger partial charge in [0.1, 0.15) is 24.2 Å². The number of benzene rings is 2. The van der Waals surface area contributed by atoms with Crippen LogP contribution in [0.1, 0.15) is 5.56 Å². The van der Waals surface area contributed by atoms with Gasteiger partial charge in [-0.1, -0.05) is 11.6 Å². The average Bonchev–Trinajstić information content (AvgIpc) is 3.20. The summed E-state index contributed by atoms with van der Waals surface area (Å²) < 4.78 is 12.0. The fraction of sp³-hybridized carbons (Fsp3) is 0.105. The van der Waals surface area contributed by atoms with Crippen LogP contribution in [0, 0.1) is 0 Å². The molecule has 0 radical (unpaired) electrons. The number of ether oxygens (including phenoxy) is 2. The molecule has 1 aromatic heterocycles. The van der Waals surface area contributed by atoms with Gasteiger partial charge >= 0.3 is 0 Å². The van der Waals surface area contributed by atoms with Gasteiger partial charge in [0, 0.05) is 17.2 Å². The molecule has 0 saturated heterocycles. The number of hydrogen-bond acceptors (Lipinski definition) is 5. The lowest BCUT2D eigenvalue weighted by atomic mass is 10.2. The Hall–Kier alpha value is -3.32. The molecule has 0 bridgehead atoms. The first-order valence-corrected chi connectivity index (χ1v) is 8.33. The van der Waals surface area contributed by atoms with Crippen molar-refractivity contribution in [2.24, 2.45) is 0 Å². The van der Waals surface area contributed by atoms with Crippen molar-refractivity contribution >= 4 is 29.3 Å². The second-order valence-electron chi connectivity index (χ2n) is 5.47. The van der Waals surface area contributed by atoms with E-state index in [9.17, 15) is 4.79 Å². The third-order valence-electron chi connectivity index (χ3n) is 3.68. The number of anilines is 1. The highest BCUT2D eigenvalue weighted by atomic mass is 35.5. The van der Waals surface area contributed by atoms with Crippen LogP contribution in [0.2, 0.25) is 5.02 Å². The highest BCUT2D eigenvalue weighted by Crippen LogP contribution is 2.25. The highest BCUT2D eigenvalue weighted by Gasteiger charge is 2.09. The van der Waals surface area contributed by atoms with Crippen molar-refractivity contribution in [3.05, 3.63) is 65.7 Å². The molecule has 138 valence electrons. The summed E-state index contributed by atoms with van der Waals surface area (Å²) in [5, 5.41) is 7.38. The Bertz CT molecular complexity index is 949. The van der Waals surface area contributed by atoms with Crippen molar-refractivity contribution in [3.63, 3.8) is 0 Å². The number of carbonyl (C=O) groups excluding carboxylic acids is 1. The van der Waals surface area contributed by atoms with Crippen LogP contribution >= 0.6 is 11.6 Å². The largest absolute Gasteiger partial charge is 0.497 e. The first-order valence-electron chi connectivity index (χ1n) is 7.96. The Morgan fingerprint density at radius 1 is 1.15 bits per heavy atom. The number of nitrogens with one attached hydrogen (secondary N) is 1. The molecule has 2 aromatic carbocycles. The highest BCUT2D eigenvalue weighted by molar-refractivity contribution is 6.31. The van der Waals surface area contributed by atoms with Crippen molar-refractivity contribution in [2.75, 3.05) is 19.5 Å². The molecule has 0 saturated carbocycles. The van der Waals surface area contributed by atoms with Crippen LogP contribution in [0.15, 0.2) is 55.1 Å². The van der Waals surface area contributed by atoms with Crippen LogP contribution in [0.3, 0.4) is 0 Å². The monoisotopic (exact) mass is 384 g/mol. The first-order chi connectivity index (χ1) is 13.1. The number of halogens is 1. The molecule has 0 aliphatic carbocycles. The van der Waals surface area contributed by atoms with Crippen molar-refractivity contribution in [2.45, 2.75) is 0 Å². The van der Waals surface area contributed by atoms with Gasteiger partial charge in [-0.3, -0.25) is 4.79 Å². The van der Waals surface area contributed by atoms with Crippen molar-refractivity contribution in [3.8, 4) is 17.2 Å². The SMILES string of the molecule is COc1cc(/C=C/C(=O)Nc2cc(Cl)ccc2-n2cncn2)cc(OC)c1. The molecule has 0 unspecified atom stereocenters. The zero-order valence-electron chi connectivity index (χ0n) is 14.7. The maximum absolute atomic E-state index is 12.4. The fourth-order valence-electron chi connectivity index (χ4n) is 2.41. The molecule has 3 rings (SSSR count). The predicted molar refractivity (Wildman–Crippen MR) is 104 cm³/mol. The molecule has 27 heavy (non-hydrogen) atoms. The Morgan fingerprint density at radius 3 is 2.52 bits per heavy atom. The minimum absolute atomic E-state index is 0.319. The molecule has 1 N–H and O–H groups in total. The Kier molecular flexibility index (Phi) is 5.73. The lowest BCUT2D eigenvalue weighted by Gasteiger charge is -2.10. The fourth-order valence-corrected chi connectivity index (χ4v) is 2.58. The number of methoxy groups -OCH3 is 2. The van der Waals surface area contributed by atoms with Crippen molar-refractivity contribution in [1.29, 1.82) is 0 Å². The van der Waals surface area contributed by atoms with Gasteiger partial charge in [0.15, 0.2) is 0 Å². The quantitative estimate of drug-likeness (QED) is 0.657. The van der Waals surface area contributed by atoms with Crippen LogP contribution < -0.4 is 14.8 Å². The molecule has 0 fully saturated rings. The Labute approximate surface area is 161 Å². The summed E-state index contributed by atoms with van der Waals surface area (Å²) in [7, 11) is 3.14. The van der Waals surface area contributed by atoms with E-state index in [2.05, 4.69) is 15.4 Å². The zero-order chi connectivity index (χ0) is 19.2. The van der Waals surface area contributed by atoms with Gasteiger partial charge in [0.25, 0.3) is 0 Å². The normalized spacial score (nSPS) is 10.8. The molecule has 0 aliphatic rings. The predicted octanol–water partition coefficient (Wildman–Crippen LogP) is 3.59. The van der Waals surface area contributed by atoms with E-state index in [1.165, 1.54) is 18.7 Å². The smallest absolute Gasteiger partial charge is 0.248 e. The van der Waals surface area contributed by atoms with Gasteiger partial charge in [-0.15, -0.1) is 0 Å². The minimum Gasteiger partial charge on any atom is -0.497 e. The van der Waals surface area contributed by atoms with Crippen LogP contribution in [0.5, 0.6) is 11.5 Å². The van der Waals surface area contributed by atoms with Gasteiger partial charge in [-0.2, -0.15) is 5.10 Å². The Balaban J connectivity index is 1.81. The van der Waals surface area contributed by atoms with Gasteiger partial charge < -0.3 is 14.8 Å². The molecule has 8 heteroatoms. The molecule has 1 amide bonds. The van der Waals surface area contributed by atoms with Gasteiger partial charge in [0.2, 0.25) is 5.91 Å². The van der Waals surface area contributed by atoms with E-state index >= 15 is 0 Å². The summed E-state index contributed by atoms with van der Waals surface area (Å²) >= 11 is 6.06. The van der Waals surface area contributed by atoms with Crippen molar-refractivity contribution in [1.82, 2.24) is 14.8 Å². The van der Waals surface area contributed by atoms with E-state index in [0.717, 1.165) is 5.56 Å². The molecule has 0 aliphatic heterocycles. The molecular weight excluding hydrogens is 368 g/mol. The van der Waals surface area contributed by atoms with E-state index in [-0.39, 0.29) is 5.91 Å². The summed E-state index contributed by atoms with van der Waals surface area (Å²) in [5.41, 5.74) is 1.94. The number of rotatable bonds is 6. The lowest BCUT2D eigenvalue weighted by molar-refractivity contribution is -0.111. The van der Waals surface area contributed by atoms with Crippen LogP contribution in [0.4, 0.5) is 5.69 Å². The van der Waals surface area contributed by atoms with Gasteiger partial charge in [-0.05, 0) is 42.0 Å². The van der Waals surface area contributed by atoms with E-state index in [4.69, 9.17) is 21.1 Å². The number of nitrogens with zero attached hydrogens (tertiary/aromatic N) is 3. The summed E-state index contributed by atoms with van der Waals surface area (Å²) in [6.07, 6.45) is 6.04. The second kappa shape index (κ2) is 8.37. The zero-order valence-corrected chi connectivity index (χ0v) is 15.5. The first kappa shape index (κ1) is 18.5. The summed E-state index contributed by atoms with van der Waals surface area (Å²) in [5.74, 6) is 0.954. The molecule has 0 atom stereocenters. The molecule has 0 spiro atoms. The van der Waals surface area contributed by atoms with E-state index in [1.54, 1.807) is 61.4 Å². The molecular formula is C19H17ClN4O3. The van der Waals surface area contributed by atoms with Crippen molar-refractivity contribution < 1.29 is 14.3 Å². The summed E-state index contributed by atoms with van der Waals surface area (Å²) in [6.45, 7) is 0. The minimum atomic E-state index is -0.319. The Morgan fingerprint density at radius 2 is 1.89 bits per heavy atom. The summed E-state index contributed by atoms with van der Waals surface area (Å²) in [6, 6.07) is 10.5. The lowest BCUT2D eigenvalue weighted by Crippen LogP contribution is -2.11. The van der Waals surface area contributed by atoms with Gasteiger partial charge in [-0.25, -0.2) is 9.67 Å². The van der Waals surface area contributed by atoms with E-state index < -0.39 is 0 Å². The number of amides is 1. The maximum Gasteiger partial charge on any atom is 0.248 e. The average molecular weight is 385 g/mol. The number of aromatic nitrogens is 3. The topological polar surface area (TPSA) is 78.3 Å². The number of hydrogen-bond donors (Lipinski definition) is 1. The molecule has 3 aromatic rings. The van der Waals surface area contributed by atoms with E-state index in [0.29, 0.717) is 27.9 Å².